The standard InChI is InChI=1S/C25H25N5O2S2/c1-15-13-18(16(2)29(15)25-27-11-12-34-25)23-22(19-7-5-6-10-26-19)28-24(33)30(23)20-9-8-17(31-3)14-21(20)32-4/h5-14,22-23H,1-4H3,(H,28,33)/t22-,23-/m0/s1. The second kappa shape index (κ2) is 9.08. The number of nitrogens with one attached hydrogen (secondary N) is 1. The van der Waals surface area contributed by atoms with Crippen LogP contribution in [0.15, 0.2) is 60.2 Å². The van der Waals surface area contributed by atoms with E-state index in [4.69, 9.17) is 21.7 Å². The lowest BCUT2D eigenvalue weighted by atomic mass is 9.96. The van der Waals surface area contributed by atoms with Gasteiger partial charge in [0.25, 0.3) is 0 Å². The van der Waals surface area contributed by atoms with E-state index in [1.807, 2.05) is 54.2 Å². The molecule has 0 spiro atoms. The number of ether oxygens (including phenoxy) is 2. The Morgan fingerprint density at radius 2 is 1.88 bits per heavy atom. The topological polar surface area (TPSA) is 64.4 Å². The molecular weight excluding hydrogens is 466 g/mol. The van der Waals surface area contributed by atoms with Crippen LogP contribution >= 0.6 is 23.6 Å². The summed E-state index contributed by atoms with van der Waals surface area (Å²) in [6, 6.07) is 13.7. The molecule has 3 aromatic heterocycles. The second-order valence-electron chi connectivity index (χ2n) is 8.01. The average Bonchev–Trinajstić information content (AvgIpc) is 3.57. The van der Waals surface area contributed by atoms with E-state index >= 15 is 0 Å². The van der Waals surface area contributed by atoms with E-state index in [2.05, 4.69) is 44.7 Å². The summed E-state index contributed by atoms with van der Waals surface area (Å²) in [6.07, 6.45) is 3.64. The van der Waals surface area contributed by atoms with Gasteiger partial charge in [0.05, 0.1) is 37.7 Å². The van der Waals surface area contributed by atoms with E-state index in [1.54, 1.807) is 25.6 Å². The van der Waals surface area contributed by atoms with Crippen LogP contribution in [-0.2, 0) is 0 Å². The number of aryl methyl sites for hydroxylation is 1. The van der Waals surface area contributed by atoms with Crippen molar-refractivity contribution >= 4 is 34.4 Å². The summed E-state index contributed by atoms with van der Waals surface area (Å²) in [5.41, 5.74) is 5.16. The Kier molecular flexibility index (Phi) is 5.97. The molecule has 0 aliphatic carbocycles. The highest BCUT2D eigenvalue weighted by Crippen LogP contribution is 2.46. The Balaban J connectivity index is 1.70. The summed E-state index contributed by atoms with van der Waals surface area (Å²) in [6.45, 7) is 4.23. The van der Waals surface area contributed by atoms with Gasteiger partial charge in [0.2, 0.25) is 0 Å². The van der Waals surface area contributed by atoms with Crippen LogP contribution in [0.25, 0.3) is 5.13 Å². The fourth-order valence-electron chi connectivity index (χ4n) is 4.62. The molecule has 0 radical (unpaired) electrons. The lowest BCUT2D eigenvalue weighted by Crippen LogP contribution is -2.30. The van der Waals surface area contributed by atoms with E-state index in [0.717, 1.165) is 39.2 Å². The van der Waals surface area contributed by atoms with Gasteiger partial charge < -0.3 is 19.7 Å². The number of rotatable bonds is 6. The first-order valence-electron chi connectivity index (χ1n) is 10.8. The zero-order valence-corrected chi connectivity index (χ0v) is 21.0. The number of anilines is 1. The third-order valence-electron chi connectivity index (χ3n) is 6.14. The first kappa shape index (κ1) is 22.4. The van der Waals surface area contributed by atoms with Crippen molar-refractivity contribution < 1.29 is 9.47 Å². The number of thiazole rings is 1. The van der Waals surface area contributed by atoms with E-state index in [1.165, 1.54) is 0 Å². The van der Waals surface area contributed by atoms with Crippen molar-refractivity contribution in [3.8, 4) is 16.6 Å². The molecule has 0 saturated carbocycles. The van der Waals surface area contributed by atoms with Crippen LogP contribution in [-0.4, -0.2) is 33.9 Å². The number of hydrogen-bond donors (Lipinski definition) is 1. The molecule has 1 N–H and O–H groups in total. The minimum absolute atomic E-state index is 0.147. The Morgan fingerprint density at radius 1 is 1.03 bits per heavy atom. The number of aromatic nitrogens is 3. The molecule has 1 saturated heterocycles. The van der Waals surface area contributed by atoms with Crippen LogP contribution < -0.4 is 19.7 Å². The Morgan fingerprint density at radius 3 is 2.56 bits per heavy atom. The van der Waals surface area contributed by atoms with Gasteiger partial charge in [-0.3, -0.25) is 9.55 Å². The summed E-state index contributed by atoms with van der Waals surface area (Å²) in [5.74, 6) is 1.40. The highest BCUT2D eigenvalue weighted by molar-refractivity contribution is 7.80. The number of thiocarbonyl (C=S) groups is 1. The molecule has 1 aliphatic heterocycles. The molecule has 0 amide bonds. The first-order chi connectivity index (χ1) is 16.5. The molecule has 1 aromatic carbocycles. The maximum Gasteiger partial charge on any atom is 0.193 e. The van der Waals surface area contributed by atoms with Gasteiger partial charge in [-0.05, 0) is 62.0 Å². The summed E-state index contributed by atoms with van der Waals surface area (Å²) in [5, 5.41) is 7.07. The molecule has 0 bridgehead atoms. The summed E-state index contributed by atoms with van der Waals surface area (Å²) >= 11 is 7.51. The average molecular weight is 492 g/mol. The predicted octanol–water partition coefficient (Wildman–Crippen LogP) is 5.14. The third-order valence-corrected chi connectivity index (χ3v) is 7.22. The van der Waals surface area contributed by atoms with Gasteiger partial charge in [-0.25, -0.2) is 4.98 Å². The molecule has 1 fully saturated rings. The number of nitrogens with zero attached hydrogens (tertiary/aromatic N) is 4. The van der Waals surface area contributed by atoms with Gasteiger partial charge in [-0.15, -0.1) is 11.3 Å². The molecule has 34 heavy (non-hydrogen) atoms. The van der Waals surface area contributed by atoms with Crippen molar-refractivity contribution in [3.63, 3.8) is 0 Å². The number of pyridine rings is 1. The molecule has 4 heterocycles. The highest BCUT2D eigenvalue weighted by Gasteiger charge is 2.43. The summed E-state index contributed by atoms with van der Waals surface area (Å²) in [4.78, 5) is 11.3. The molecule has 9 heteroatoms. The molecule has 4 aromatic rings. The van der Waals surface area contributed by atoms with Crippen LogP contribution in [0.2, 0.25) is 0 Å². The fourth-order valence-corrected chi connectivity index (χ4v) is 5.71. The SMILES string of the molecule is COc1ccc(N2C(=S)N[C@@H](c3ccccn3)[C@@H]2c2cc(C)n(-c3nccs3)c2C)c(OC)c1. The smallest absolute Gasteiger partial charge is 0.193 e. The van der Waals surface area contributed by atoms with E-state index in [-0.39, 0.29) is 12.1 Å². The van der Waals surface area contributed by atoms with E-state index in [0.29, 0.717) is 10.9 Å². The van der Waals surface area contributed by atoms with Gasteiger partial charge in [-0.2, -0.15) is 0 Å². The molecule has 174 valence electrons. The van der Waals surface area contributed by atoms with Gasteiger partial charge in [0, 0.05) is 35.2 Å². The van der Waals surface area contributed by atoms with Crippen molar-refractivity contribution in [2.24, 2.45) is 0 Å². The Bertz CT molecular complexity index is 1320. The van der Waals surface area contributed by atoms with E-state index < -0.39 is 0 Å². The van der Waals surface area contributed by atoms with Crippen molar-refractivity contribution in [1.29, 1.82) is 0 Å². The number of hydrogen-bond acceptors (Lipinski definition) is 6. The van der Waals surface area contributed by atoms with Crippen molar-refractivity contribution in [2.75, 3.05) is 19.1 Å². The summed E-state index contributed by atoms with van der Waals surface area (Å²) < 4.78 is 13.4. The zero-order valence-electron chi connectivity index (χ0n) is 19.4. The Labute approximate surface area is 208 Å². The van der Waals surface area contributed by atoms with Crippen LogP contribution in [0.1, 0.15) is 34.7 Å². The van der Waals surface area contributed by atoms with Crippen molar-refractivity contribution in [3.05, 3.63) is 82.9 Å². The molecule has 0 unspecified atom stereocenters. The normalized spacial score (nSPS) is 17.6. The molecule has 2 atom stereocenters. The Hall–Kier alpha value is -3.43. The molecular formula is C25H25N5O2S2. The van der Waals surface area contributed by atoms with Crippen LogP contribution in [0.4, 0.5) is 5.69 Å². The third kappa shape index (κ3) is 3.70. The lowest BCUT2D eigenvalue weighted by molar-refractivity contribution is 0.394. The monoisotopic (exact) mass is 491 g/mol. The summed E-state index contributed by atoms with van der Waals surface area (Å²) in [7, 11) is 3.30. The molecule has 7 nitrogen and oxygen atoms in total. The van der Waals surface area contributed by atoms with Crippen LogP contribution in [0, 0.1) is 13.8 Å². The maximum absolute atomic E-state index is 5.89. The lowest BCUT2D eigenvalue weighted by Gasteiger charge is -2.29. The van der Waals surface area contributed by atoms with Crippen LogP contribution in [0.5, 0.6) is 11.5 Å². The second-order valence-corrected chi connectivity index (χ2v) is 9.27. The first-order valence-corrected chi connectivity index (χ1v) is 12.1. The van der Waals surface area contributed by atoms with Gasteiger partial charge in [-0.1, -0.05) is 6.07 Å². The van der Waals surface area contributed by atoms with Gasteiger partial charge in [0.1, 0.15) is 11.5 Å². The van der Waals surface area contributed by atoms with Crippen LogP contribution in [0.3, 0.4) is 0 Å². The van der Waals surface area contributed by atoms with Crippen molar-refractivity contribution in [2.45, 2.75) is 25.9 Å². The molecule has 5 rings (SSSR count). The minimum atomic E-state index is -0.149. The predicted molar refractivity (Wildman–Crippen MR) is 138 cm³/mol. The molecule has 1 aliphatic rings. The fraction of sp³-hybridized carbons (Fsp3) is 0.240. The van der Waals surface area contributed by atoms with Gasteiger partial charge in [0.15, 0.2) is 10.2 Å². The van der Waals surface area contributed by atoms with Gasteiger partial charge >= 0.3 is 0 Å². The van der Waals surface area contributed by atoms with Crippen molar-refractivity contribution in [1.82, 2.24) is 19.9 Å². The maximum atomic E-state index is 5.89. The van der Waals surface area contributed by atoms with E-state index in [9.17, 15) is 0 Å². The number of benzene rings is 1. The zero-order chi connectivity index (χ0) is 23.8. The quantitative estimate of drug-likeness (QED) is 0.375. The minimum Gasteiger partial charge on any atom is -0.497 e. The number of methoxy groups -OCH3 is 2. The largest absolute Gasteiger partial charge is 0.497 e. The highest BCUT2D eigenvalue weighted by atomic mass is 32.1.